The maximum atomic E-state index is 12.2. The minimum Gasteiger partial charge on any atom is -0.378 e. The Bertz CT molecular complexity index is 466. The minimum absolute atomic E-state index is 0.139. The largest absolute Gasteiger partial charge is 0.378 e. The molecule has 0 aromatic carbocycles. The van der Waals surface area contributed by atoms with E-state index in [1.54, 1.807) is 0 Å². The lowest BCUT2D eigenvalue weighted by Gasteiger charge is -2.30. The van der Waals surface area contributed by atoms with Crippen molar-refractivity contribution in [1.82, 2.24) is 14.3 Å². The molecule has 0 atom stereocenters. The predicted octanol–water partition coefficient (Wildman–Crippen LogP) is -0.0718. The van der Waals surface area contributed by atoms with Gasteiger partial charge in [0.05, 0.1) is 18.6 Å². The first-order chi connectivity index (χ1) is 9.14. The number of piperidine rings is 1. The van der Waals surface area contributed by atoms with Gasteiger partial charge in [0.2, 0.25) is 0 Å². The Morgan fingerprint density at radius 3 is 2.79 bits per heavy atom. The van der Waals surface area contributed by atoms with Crippen LogP contribution < -0.4 is 5.73 Å². The van der Waals surface area contributed by atoms with Gasteiger partial charge < -0.3 is 15.5 Å². The molecule has 108 valence electrons. The zero-order valence-electron chi connectivity index (χ0n) is 10.8. The number of hydrogen-bond acceptors (Lipinski definition) is 5. The minimum atomic E-state index is -3.43. The average molecular weight is 288 g/mol. The number of sulfonamides is 1. The first kappa shape index (κ1) is 14.4. The number of aromatic amines is 1. The maximum absolute atomic E-state index is 12.2. The second kappa shape index (κ2) is 6.47. The maximum Gasteiger partial charge on any atom is 0.260 e. The number of rotatable bonds is 6. The Kier molecular flexibility index (Phi) is 4.92. The van der Waals surface area contributed by atoms with Crippen LogP contribution in [-0.2, 0) is 14.8 Å². The van der Waals surface area contributed by atoms with Crippen molar-refractivity contribution in [2.75, 3.05) is 26.2 Å². The van der Waals surface area contributed by atoms with Crippen molar-refractivity contribution in [3.8, 4) is 0 Å². The number of imidazole rings is 1. The van der Waals surface area contributed by atoms with Crippen LogP contribution in [0, 0.1) is 0 Å². The molecule has 1 fully saturated rings. The molecule has 0 spiro atoms. The molecule has 8 heteroatoms. The molecular formula is C11H20N4O3S. The molecule has 0 radical (unpaired) electrons. The van der Waals surface area contributed by atoms with E-state index < -0.39 is 10.0 Å². The fraction of sp³-hybridized carbons (Fsp3) is 0.727. The van der Waals surface area contributed by atoms with E-state index >= 15 is 0 Å². The summed E-state index contributed by atoms with van der Waals surface area (Å²) in [7, 11) is -3.43. The van der Waals surface area contributed by atoms with Crippen molar-refractivity contribution in [3.63, 3.8) is 0 Å². The van der Waals surface area contributed by atoms with Crippen LogP contribution in [0.5, 0.6) is 0 Å². The normalized spacial score (nSPS) is 18.8. The van der Waals surface area contributed by atoms with E-state index in [9.17, 15) is 8.42 Å². The van der Waals surface area contributed by atoms with Gasteiger partial charge in [-0.2, -0.15) is 4.31 Å². The molecule has 1 aliphatic rings. The number of hydrogen-bond donors (Lipinski definition) is 2. The Morgan fingerprint density at radius 1 is 1.47 bits per heavy atom. The molecule has 7 nitrogen and oxygen atoms in total. The summed E-state index contributed by atoms with van der Waals surface area (Å²) < 4.78 is 31.6. The average Bonchev–Trinajstić information content (AvgIpc) is 2.94. The molecule has 1 saturated heterocycles. The van der Waals surface area contributed by atoms with Crippen LogP contribution in [0.15, 0.2) is 17.6 Å². The zero-order chi connectivity index (χ0) is 13.7. The molecule has 19 heavy (non-hydrogen) atoms. The fourth-order valence-corrected chi connectivity index (χ4v) is 3.46. The summed E-state index contributed by atoms with van der Waals surface area (Å²) in [5.74, 6) is 0. The lowest BCUT2D eigenvalue weighted by Crippen LogP contribution is -2.41. The molecule has 0 aliphatic carbocycles. The van der Waals surface area contributed by atoms with E-state index in [1.165, 1.54) is 16.8 Å². The molecule has 0 bridgehead atoms. The van der Waals surface area contributed by atoms with Gasteiger partial charge in [-0.15, -0.1) is 0 Å². The van der Waals surface area contributed by atoms with Crippen molar-refractivity contribution in [1.29, 1.82) is 0 Å². The van der Waals surface area contributed by atoms with Gasteiger partial charge in [0.15, 0.2) is 5.03 Å². The van der Waals surface area contributed by atoms with Gasteiger partial charge in [0.1, 0.15) is 0 Å². The first-order valence-electron chi connectivity index (χ1n) is 6.45. The second-order valence-electron chi connectivity index (χ2n) is 4.53. The molecule has 0 saturated carbocycles. The third-order valence-electron chi connectivity index (χ3n) is 3.19. The topological polar surface area (TPSA) is 101 Å². The molecule has 2 rings (SSSR count). The van der Waals surface area contributed by atoms with E-state index in [0.29, 0.717) is 26.2 Å². The van der Waals surface area contributed by atoms with Crippen LogP contribution in [0.1, 0.15) is 19.3 Å². The summed E-state index contributed by atoms with van der Waals surface area (Å²) in [6.45, 7) is 2.23. The second-order valence-corrected chi connectivity index (χ2v) is 6.44. The molecule has 1 aromatic rings. The third kappa shape index (κ3) is 3.53. The van der Waals surface area contributed by atoms with Gasteiger partial charge in [-0.25, -0.2) is 13.4 Å². The first-order valence-corrected chi connectivity index (χ1v) is 7.89. The SMILES string of the molecule is NCCCOC1CCN(S(=O)(=O)c2cnc[nH]2)CC1. The Labute approximate surface area is 113 Å². The summed E-state index contributed by atoms with van der Waals surface area (Å²) in [5.41, 5.74) is 5.40. The van der Waals surface area contributed by atoms with E-state index in [2.05, 4.69) is 9.97 Å². The van der Waals surface area contributed by atoms with Crippen LogP contribution in [-0.4, -0.2) is 55.0 Å². The van der Waals surface area contributed by atoms with Crippen molar-refractivity contribution in [3.05, 3.63) is 12.5 Å². The molecule has 1 aromatic heterocycles. The molecule has 0 amide bonds. The van der Waals surface area contributed by atoms with Crippen molar-refractivity contribution >= 4 is 10.0 Å². The highest BCUT2D eigenvalue weighted by atomic mass is 32.2. The smallest absolute Gasteiger partial charge is 0.260 e. The number of nitrogens with one attached hydrogen (secondary N) is 1. The van der Waals surface area contributed by atoms with Crippen LogP contribution >= 0.6 is 0 Å². The standard InChI is InChI=1S/C11H20N4O3S/c12-4-1-7-18-10-2-5-15(6-3-10)19(16,17)11-8-13-9-14-11/h8-10H,1-7,12H2,(H,13,14). The third-order valence-corrected chi connectivity index (χ3v) is 5.02. The predicted molar refractivity (Wildman–Crippen MR) is 70.0 cm³/mol. The number of nitrogens with zero attached hydrogens (tertiary/aromatic N) is 2. The van der Waals surface area contributed by atoms with Gasteiger partial charge in [0, 0.05) is 19.7 Å². The van der Waals surface area contributed by atoms with Crippen LogP contribution in [0.2, 0.25) is 0 Å². The number of ether oxygens (including phenoxy) is 1. The van der Waals surface area contributed by atoms with E-state index in [-0.39, 0.29) is 11.1 Å². The number of nitrogens with two attached hydrogens (primary N) is 1. The monoisotopic (exact) mass is 288 g/mol. The number of aromatic nitrogens is 2. The number of H-pyrrole nitrogens is 1. The summed E-state index contributed by atoms with van der Waals surface area (Å²) in [6, 6.07) is 0. The van der Waals surface area contributed by atoms with Crippen molar-refractivity contribution in [2.24, 2.45) is 5.73 Å². The van der Waals surface area contributed by atoms with Crippen LogP contribution in [0.25, 0.3) is 0 Å². The fourth-order valence-electron chi connectivity index (χ4n) is 2.10. The highest BCUT2D eigenvalue weighted by molar-refractivity contribution is 7.89. The van der Waals surface area contributed by atoms with Gasteiger partial charge in [0.25, 0.3) is 10.0 Å². The molecule has 3 N–H and O–H groups in total. The summed E-state index contributed by atoms with van der Waals surface area (Å²) >= 11 is 0. The molecule has 1 aliphatic heterocycles. The quantitative estimate of drug-likeness (QED) is 0.713. The van der Waals surface area contributed by atoms with Gasteiger partial charge in [-0.05, 0) is 25.8 Å². The zero-order valence-corrected chi connectivity index (χ0v) is 11.6. The van der Waals surface area contributed by atoms with Gasteiger partial charge in [-0.3, -0.25) is 0 Å². The highest BCUT2D eigenvalue weighted by Crippen LogP contribution is 2.20. The van der Waals surface area contributed by atoms with Gasteiger partial charge >= 0.3 is 0 Å². The summed E-state index contributed by atoms with van der Waals surface area (Å²) in [4.78, 5) is 6.39. The van der Waals surface area contributed by atoms with E-state index in [0.717, 1.165) is 19.3 Å². The van der Waals surface area contributed by atoms with Crippen LogP contribution in [0.4, 0.5) is 0 Å². The van der Waals surface area contributed by atoms with Gasteiger partial charge in [-0.1, -0.05) is 0 Å². The van der Waals surface area contributed by atoms with E-state index in [1.807, 2.05) is 0 Å². The Balaban J connectivity index is 1.86. The Morgan fingerprint density at radius 2 is 2.21 bits per heavy atom. The van der Waals surface area contributed by atoms with Crippen LogP contribution in [0.3, 0.4) is 0 Å². The molecular weight excluding hydrogens is 268 g/mol. The highest BCUT2D eigenvalue weighted by Gasteiger charge is 2.30. The summed E-state index contributed by atoms with van der Waals surface area (Å²) in [6.07, 6.45) is 5.12. The Hall–Kier alpha value is -0.960. The lowest BCUT2D eigenvalue weighted by atomic mass is 10.1. The van der Waals surface area contributed by atoms with Crippen molar-refractivity contribution in [2.45, 2.75) is 30.4 Å². The summed E-state index contributed by atoms with van der Waals surface area (Å²) in [5, 5.41) is 0.148. The van der Waals surface area contributed by atoms with E-state index in [4.69, 9.17) is 10.5 Å². The molecule has 2 heterocycles. The molecule has 0 unspecified atom stereocenters. The van der Waals surface area contributed by atoms with Crippen molar-refractivity contribution < 1.29 is 13.2 Å². The lowest BCUT2D eigenvalue weighted by molar-refractivity contribution is 0.0208.